The number of fused-ring (bicyclic) bond motifs is 1. The second-order valence-corrected chi connectivity index (χ2v) is 5.92. The van der Waals surface area contributed by atoms with Crippen LogP contribution in [0, 0.1) is 0 Å². The highest BCUT2D eigenvalue weighted by molar-refractivity contribution is 9.10. The normalized spacial score (nSPS) is 18.4. The van der Waals surface area contributed by atoms with E-state index < -0.39 is 0 Å². The van der Waals surface area contributed by atoms with Crippen molar-refractivity contribution in [1.29, 1.82) is 0 Å². The van der Waals surface area contributed by atoms with Crippen LogP contribution in [-0.2, 0) is 6.42 Å². The average molecular weight is 334 g/mol. The number of aromatic hydroxyl groups is 2. The lowest BCUT2D eigenvalue weighted by molar-refractivity contribution is 0.402. The van der Waals surface area contributed by atoms with Crippen molar-refractivity contribution in [1.82, 2.24) is 5.32 Å². The molecule has 1 aliphatic heterocycles. The van der Waals surface area contributed by atoms with E-state index in [0.717, 1.165) is 35.1 Å². The van der Waals surface area contributed by atoms with Gasteiger partial charge in [-0.25, -0.2) is 0 Å². The Kier molecular flexibility index (Phi) is 3.68. The lowest BCUT2D eigenvalue weighted by Crippen LogP contribution is -2.21. The molecule has 0 aliphatic carbocycles. The van der Waals surface area contributed by atoms with E-state index in [2.05, 4.69) is 27.3 Å². The fourth-order valence-corrected chi connectivity index (χ4v) is 3.35. The second-order valence-electron chi connectivity index (χ2n) is 5.07. The summed E-state index contributed by atoms with van der Waals surface area (Å²) < 4.78 is 1.06. The largest absolute Gasteiger partial charge is 0.504 e. The second kappa shape index (κ2) is 5.46. The number of phenols is 2. The van der Waals surface area contributed by atoms with Crippen molar-refractivity contribution in [3.8, 4) is 11.5 Å². The molecular weight excluding hydrogens is 318 g/mol. The van der Waals surface area contributed by atoms with Crippen LogP contribution in [0.3, 0.4) is 0 Å². The standard InChI is InChI=1S/C16H16BrNO2/c17-14-4-2-1-3-11(14)13-9-18-6-5-10-7-15(19)16(20)8-12(10)13/h1-4,7-8,13,18-20H,5-6,9H2. The first-order valence-electron chi connectivity index (χ1n) is 6.66. The zero-order chi connectivity index (χ0) is 14.1. The van der Waals surface area contributed by atoms with Gasteiger partial charge in [0.1, 0.15) is 0 Å². The van der Waals surface area contributed by atoms with Gasteiger partial charge in [-0.3, -0.25) is 0 Å². The molecule has 1 aliphatic rings. The van der Waals surface area contributed by atoms with Crippen LogP contribution in [0.25, 0.3) is 0 Å². The highest BCUT2D eigenvalue weighted by Crippen LogP contribution is 2.38. The van der Waals surface area contributed by atoms with E-state index in [9.17, 15) is 10.2 Å². The molecule has 1 heterocycles. The van der Waals surface area contributed by atoms with Crippen molar-refractivity contribution in [2.75, 3.05) is 13.1 Å². The molecule has 3 N–H and O–H groups in total. The van der Waals surface area contributed by atoms with Crippen molar-refractivity contribution < 1.29 is 10.2 Å². The molecule has 0 spiro atoms. The molecule has 1 unspecified atom stereocenters. The summed E-state index contributed by atoms with van der Waals surface area (Å²) in [6, 6.07) is 11.5. The van der Waals surface area contributed by atoms with Gasteiger partial charge in [-0.1, -0.05) is 34.1 Å². The van der Waals surface area contributed by atoms with E-state index in [1.165, 1.54) is 5.56 Å². The van der Waals surface area contributed by atoms with Gasteiger partial charge < -0.3 is 15.5 Å². The Morgan fingerprint density at radius 2 is 1.80 bits per heavy atom. The minimum absolute atomic E-state index is 0.0449. The SMILES string of the molecule is Oc1cc2c(cc1O)C(c1ccccc1Br)CNCC2. The van der Waals surface area contributed by atoms with Crippen LogP contribution in [0.15, 0.2) is 40.9 Å². The Balaban J connectivity index is 2.14. The minimum Gasteiger partial charge on any atom is -0.504 e. The Labute approximate surface area is 126 Å². The number of hydrogen-bond donors (Lipinski definition) is 3. The summed E-state index contributed by atoms with van der Waals surface area (Å²) in [5.74, 6) is 0.0637. The summed E-state index contributed by atoms with van der Waals surface area (Å²) in [5.41, 5.74) is 3.36. The van der Waals surface area contributed by atoms with Gasteiger partial charge in [0.25, 0.3) is 0 Å². The molecule has 2 aromatic carbocycles. The van der Waals surface area contributed by atoms with Crippen molar-refractivity contribution in [2.45, 2.75) is 12.3 Å². The number of benzene rings is 2. The molecule has 0 aromatic heterocycles. The molecule has 0 bridgehead atoms. The summed E-state index contributed by atoms with van der Waals surface area (Å²) in [7, 11) is 0. The molecule has 4 heteroatoms. The van der Waals surface area contributed by atoms with Gasteiger partial charge in [-0.2, -0.15) is 0 Å². The van der Waals surface area contributed by atoms with E-state index in [-0.39, 0.29) is 17.4 Å². The fraction of sp³-hybridized carbons (Fsp3) is 0.250. The van der Waals surface area contributed by atoms with Crippen LogP contribution in [0.2, 0.25) is 0 Å². The molecule has 0 amide bonds. The summed E-state index contributed by atoms with van der Waals surface area (Å²) >= 11 is 3.60. The number of rotatable bonds is 1. The molecule has 1 atom stereocenters. The first-order chi connectivity index (χ1) is 9.66. The molecule has 0 saturated carbocycles. The molecule has 3 nitrogen and oxygen atoms in total. The maximum atomic E-state index is 9.82. The highest BCUT2D eigenvalue weighted by atomic mass is 79.9. The molecular formula is C16H16BrNO2. The number of phenolic OH excluding ortho intramolecular Hbond substituents is 2. The fourth-order valence-electron chi connectivity index (χ4n) is 2.79. The van der Waals surface area contributed by atoms with Gasteiger partial charge in [-0.15, -0.1) is 0 Å². The summed E-state index contributed by atoms with van der Waals surface area (Å²) in [4.78, 5) is 0. The van der Waals surface area contributed by atoms with Gasteiger partial charge in [0.05, 0.1) is 0 Å². The van der Waals surface area contributed by atoms with Crippen LogP contribution < -0.4 is 5.32 Å². The van der Waals surface area contributed by atoms with Crippen molar-refractivity contribution in [2.24, 2.45) is 0 Å². The van der Waals surface area contributed by atoms with Crippen LogP contribution >= 0.6 is 15.9 Å². The Morgan fingerprint density at radius 1 is 1.05 bits per heavy atom. The van der Waals surface area contributed by atoms with E-state index in [1.807, 2.05) is 18.2 Å². The summed E-state index contributed by atoms with van der Waals surface area (Å²) in [6.45, 7) is 1.69. The summed E-state index contributed by atoms with van der Waals surface area (Å²) in [6.07, 6.45) is 0.851. The summed E-state index contributed by atoms with van der Waals surface area (Å²) in [5, 5.41) is 22.9. The van der Waals surface area contributed by atoms with Crippen molar-refractivity contribution in [3.63, 3.8) is 0 Å². The van der Waals surface area contributed by atoms with Crippen molar-refractivity contribution in [3.05, 3.63) is 57.6 Å². The van der Waals surface area contributed by atoms with Crippen LogP contribution in [0.5, 0.6) is 11.5 Å². The topological polar surface area (TPSA) is 52.5 Å². The Bertz CT molecular complexity index is 642. The van der Waals surface area contributed by atoms with Crippen molar-refractivity contribution >= 4 is 15.9 Å². The molecule has 3 rings (SSSR count). The quantitative estimate of drug-likeness (QED) is 0.703. The molecule has 0 fully saturated rings. The maximum Gasteiger partial charge on any atom is 0.157 e. The molecule has 2 aromatic rings. The van der Waals surface area contributed by atoms with Gasteiger partial charge in [0, 0.05) is 16.9 Å². The average Bonchev–Trinajstić information content (AvgIpc) is 2.63. The van der Waals surface area contributed by atoms with Gasteiger partial charge in [0.15, 0.2) is 11.5 Å². The number of nitrogens with one attached hydrogen (secondary N) is 1. The monoisotopic (exact) mass is 333 g/mol. The lowest BCUT2D eigenvalue weighted by Gasteiger charge is -2.20. The third-order valence-electron chi connectivity index (χ3n) is 3.81. The van der Waals surface area contributed by atoms with Gasteiger partial charge in [0.2, 0.25) is 0 Å². The minimum atomic E-state index is -0.0531. The lowest BCUT2D eigenvalue weighted by atomic mass is 9.88. The van der Waals surface area contributed by atoms with E-state index in [0.29, 0.717) is 0 Å². The molecule has 20 heavy (non-hydrogen) atoms. The Hall–Kier alpha value is -1.52. The third-order valence-corrected chi connectivity index (χ3v) is 4.53. The van der Waals surface area contributed by atoms with E-state index in [1.54, 1.807) is 12.1 Å². The predicted molar refractivity (Wildman–Crippen MR) is 82.3 cm³/mol. The van der Waals surface area contributed by atoms with E-state index in [4.69, 9.17) is 0 Å². The smallest absolute Gasteiger partial charge is 0.157 e. The van der Waals surface area contributed by atoms with Crippen LogP contribution in [0.4, 0.5) is 0 Å². The zero-order valence-electron chi connectivity index (χ0n) is 10.9. The highest BCUT2D eigenvalue weighted by Gasteiger charge is 2.23. The first kappa shape index (κ1) is 13.5. The number of hydrogen-bond acceptors (Lipinski definition) is 3. The molecule has 0 saturated heterocycles. The zero-order valence-corrected chi connectivity index (χ0v) is 12.5. The van der Waals surface area contributed by atoms with Gasteiger partial charge in [-0.05, 0) is 47.9 Å². The Morgan fingerprint density at radius 3 is 2.60 bits per heavy atom. The first-order valence-corrected chi connectivity index (χ1v) is 7.46. The third kappa shape index (κ3) is 2.41. The van der Waals surface area contributed by atoms with E-state index >= 15 is 0 Å². The predicted octanol–water partition coefficient (Wildman–Crippen LogP) is 3.14. The van der Waals surface area contributed by atoms with Crippen LogP contribution in [0.1, 0.15) is 22.6 Å². The molecule has 0 radical (unpaired) electrons. The van der Waals surface area contributed by atoms with Gasteiger partial charge >= 0.3 is 0 Å². The van der Waals surface area contributed by atoms with Crippen LogP contribution in [-0.4, -0.2) is 23.3 Å². The molecule has 104 valence electrons. The number of halogens is 1. The maximum absolute atomic E-state index is 9.82.